The van der Waals surface area contributed by atoms with Crippen molar-refractivity contribution in [1.82, 2.24) is 10.6 Å². The molecule has 7 nitrogen and oxygen atoms in total. The summed E-state index contributed by atoms with van der Waals surface area (Å²) in [5.41, 5.74) is 1.46. The molecule has 0 saturated carbocycles. The first-order valence-electron chi connectivity index (χ1n) is 9.86. The normalized spacial score (nSPS) is 11.3. The first kappa shape index (κ1) is 24.0. The lowest BCUT2D eigenvalue weighted by atomic mass is 10.1. The van der Waals surface area contributed by atoms with Crippen LogP contribution in [0.25, 0.3) is 0 Å². The Morgan fingerprint density at radius 2 is 1.65 bits per heavy atom. The average molecular weight is 437 g/mol. The summed E-state index contributed by atoms with van der Waals surface area (Å²) in [5, 5.41) is 6.38. The Hall–Kier alpha value is -3.23. The molecule has 2 rings (SSSR count). The number of halogens is 2. The number of benzene rings is 2. The summed E-state index contributed by atoms with van der Waals surface area (Å²) in [5.74, 6) is 2.65. The van der Waals surface area contributed by atoms with Crippen LogP contribution < -0.4 is 29.6 Å². The Balaban J connectivity index is 2.09. The van der Waals surface area contributed by atoms with Gasteiger partial charge in [-0.25, -0.2) is 4.99 Å². The maximum absolute atomic E-state index is 12.6. The van der Waals surface area contributed by atoms with Crippen molar-refractivity contribution in [3.05, 3.63) is 47.5 Å². The quantitative estimate of drug-likeness (QED) is 0.413. The van der Waals surface area contributed by atoms with E-state index in [1.54, 1.807) is 51.7 Å². The monoisotopic (exact) mass is 437 g/mol. The number of para-hydroxylation sites is 1. The summed E-state index contributed by atoms with van der Waals surface area (Å²) >= 11 is 0. The van der Waals surface area contributed by atoms with Gasteiger partial charge in [-0.05, 0) is 19.4 Å². The lowest BCUT2D eigenvalue weighted by Gasteiger charge is -2.16. The number of alkyl halides is 2. The van der Waals surface area contributed by atoms with E-state index in [4.69, 9.17) is 14.2 Å². The molecular formula is C22H29F2N3O4. The van der Waals surface area contributed by atoms with Gasteiger partial charge in [-0.2, -0.15) is 8.78 Å². The Morgan fingerprint density at radius 1 is 0.968 bits per heavy atom. The fourth-order valence-electron chi connectivity index (χ4n) is 2.98. The second-order valence-electron chi connectivity index (χ2n) is 6.37. The zero-order valence-electron chi connectivity index (χ0n) is 18.2. The molecule has 0 fully saturated rings. The smallest absolute Gasteiger partial charge is 0.387 e. The predicted molar refractivity (Wildman–Crippen MR) is 116 cm³/mol. The maximum Gasteiger partial charge on any atom is 0.387 e. The first-order valence-corrected chi connectivity index (χ1v) is 9.86. The van der Waals surface area contributed by atoms with Crippen molar-refractivity contribution >= 4 is 5.96 Å². The molecule has 0 atom stereocenters. The molecule has 0 bridgehead atoms. The van der Waals surface area contributed by atoms with Gasteiger partial charge in [0, 0.05) is 36.3 Å². The van der Waals surface area contributed by atoms with Crippen molar-refractivity contribution in [2.75, 3.05) is 34.4 Å². The number of hydrogen-bond donors (Lipinski definition) is 2. The van der Waals surface area contributed by atoms with Crippen LogP contribution in [0.4, 0.5) is 8.78 Å². The third-order valence-corrected chi connectivity index (χ3v) is 4.42. The fraction of sp³-hybridized carbons (Fsp3) is 0.409. The van der Waals surface area contributed by atoms with Crippen LogP contribution in [-0.2, 0) is 13.0 Å². The van der Waals surface area contributed by atoms with Crippen LogP contribution in [0.15, 0.2) is 41.4 Å². The summed E-state index contributed by atoms with van der Waals surface area (Å²) in [6, 6.07) is 10.2. The van der Waals surface area contributed by atoms with Gasteiger partial charge in [0.25, 0.3) is 0 Å². The number of nitrogens with one attached hydrogen (secondary N) is 2. The molecule has 2 aromatic rings. The minimum atomic E-state index is -2.88. The molecule has 0 spiro atoms. The SMILES string of the molecule is CCNC(=NCc1ccccc1OC(F)F)NCCc1c(OC)cc(OC)cc1OC. The van der Waals surface area contributed by atoms with E-state index >= 15 is 0 Å². The highest BCUT2D eigenvalue weighted by molar-refractivity contribution is 5.79. The second-order valence-corrected chi connectivity index (χ2v) is 6.37. The Bertz CT molecular complexity index is 837. The Kier molecular flexibility index (Phi) is 9.67. The third-order valence-electron chi connectivity index (χ3n) is 4.42. The number of ether oxygens (including phenoxy) is 4. The van der Waals surface area contributed by atoms with Gasteiger partial charge >= 0.3 is 6.61 Å². The number of hydrogen-bond acceptors (Lipinski definition) is 5. The van der Waals surface area contributed by atoms with Crippen LogP contribution in [-0.4, -0.2) is 47.0 Å². The number of rotatable bonds is 11. The highest BCUT2D eigenvalue weighted by atomic mass is 19.3. The Morgan fingerprint density at radius 3 is 2.23 bits per heavy atom. The summed E-state index contributed by atoms with van der Waals surface area (Å²) in [4.78, 5) is 4.48. The van der Waals surface area contributed by atoms with Crippen LogP contribution in [0.3, 0.4) is 0 Å². The average Bonchev–Trinajstić information content (AvgIpc) is 2.77. The summed E-state index contributed by atoms with van der Waals surface area (Å²) in [6.45, 7) is 0.440. The molecule has 0 radical (unpaired) electrons. The molecule has 0 aliphatic carbocycles. The van der Waals surface area contributed by atoms with Gasteiger partial charge in [-0.15, -0.1) is 0 Å². The number of aliphatic imine (C=N–C) groups is 1. The van der Waals surface area contributed by atoms with Crippen LogP contribution >= 0.6 is 0 Å². The van der Waals surface area contributed by atoms with Gasteiger partial charge in [0.15, 0.2) is 5.96 Å². The van der Waals surface area contributed by atoms with Crippen LogP contribution in [0.5, 0.6) is 23.0 Å². The molecule has 0 unspecified atom stereocenters. The van der Waals surface area contributed by atoms with Crippen LogP contribution in [0, 0.1) is 0 Å². The van der Waals surface area contributed by atoms with Gasteiger partial charge in [0.05, 0.1) is 27.9 Å². The van der Waals surface area contributed by atoms with Crippen molar-refractivity contribution in [1.29, 1.82) is 0 Å². The minimum Gasteiger partial charge on any atom is -0.496 e. The van der Waals surface area contributed by atoms with Gasteiger partial charge in [-0.3, -0.25) is 0 Å². The Labute approximate surface area is 181 Å². The molecule has 0 saturated heterocycles. The zero-order valence-corrected chi connectivity index (χ0v) is 18.2. The van der Waals surface area contributed by atoms with E-state index in [2.05, 4.69) is 20.4 Å². The number of guanidine groups is 1. The van der Waals surface area contributed by atoms with Crippen LogP contribution in [0.1, 0.15) is 18.1 Å². The van der Waals surface area contributed by atoms with E-state index < -0.39 is 6.61 Å². The molecule has 0 heterocycles. The third kappa shape index (κ3) is 7.20. The van der Waals surface area contributed by atoms with E-state index in [-0.39, 0.29) is 12.3 Å². The van der Waals surface area contributed by atoms with Gasteiger partial charge < -0.3 is 29.6 Å². The lowest BCUT2D eigenvalue weighted by molar-refractivity contribution is -0.0504. The van der Waals surface area contributed by atoms with Crippen molar-refractivity contribution < 1.29 is 27.7 Å². The highest BCUT2D eigenvalue weighted by Gasteiger charge is 2.13. The topological polar surface area (TPSA) is 73.3 Å². The molecular weight excluding hydrogens is 408 g/mol. The van der Waals surface area contributed by atoms with E-state index in [1.165, 1.54) is 6.07 Å². The summed E-state index contributed by atoms with van der Waals surface area (Å²) < 4.78 is 46.0. The van der Waals surface area contributed by atoms with Crippen molar-refractivity contribution in [2.45, 2.75) is 26.5 Å². The first-order chi connectivity index (χ1) is 15.0. The molecule has 9 heteroatoms. The number of nitrogens with zero attached hydrogens (tertiary/aromatic N) is 1. The summed E-state index contributed by atoms with van der Waals surface area (Å²) in [7, 11) is 4.77. The van der Waals surface area contributed by atoms with Crippen molar-refractivity contribution in [3.63, 3.8) is 0 Å². The molecule has 0 aliphatic rings. The molecule has 2 N–H and O–H groups in total. The highest BCUT2D eigenvalue weighted by Crippen LogP contribution is 2.34. The van der Waals surface area contributed by atoms with Crippen molar-refractivity contribution in [2.24, 2.45) is 4.99 Å². The lowest BCUT2D eigenvalue weighted by Crippen LogP contribution is -2.38. The number of methoxy groups -OCH3 is 3. The predicted octanol–water partition coefficient (Wildman–Crippen LogP) is 3.61. The van der Waals surface area contributed by atoms with Gasteiger partial charge in [0.1, 0.15) is 23.0 Å². The molecule has 0 amide bonds. The molecule has 0 aromatic heterocycles. The van der Waals surface area contributed by atoms with E-state index in [0.29, 0.717) is 48.3 Å². The van der Waals surface area contributed by atoms with E-state index in [1.807, 2.05) is 6.92 Å². The van der Waals surface area contributed by atoms with E-state index in [0.717, 1.165) is 5.56 Å². The molecule has 31 heavy (non-hydrogen) atoms. The largest absolute Gasteiger partial charge is 0.496 e. The standard InChI is InChI=1S/C22H29F2N3O4/c1-5-25-22(27-14-15-8-6-7-9-18(15)31-21(23)24)26-11-10-17-19(29-3)12-16(28-2)13-20(17)30-4/h6-9,12-13,21H,5,10-11,14H2,1-4H3,(H2,25,26,27). The molecule has 170 valence electrons. The summed E-state index contributed by atoms with van der Waals surface area (Å²) in [6.07, 6.45) is 0.603. The van der Waals surface area contributed by atoms with Crippen molar-refractivity contribution in [3.8, 4) is 23.0 Å². The zero-order chi connectivity index (χ0) is 22.6. The van der Waals surface area contributed by atoms with Gasteiger partial charge in [0.2, 0.25) is 0 Å². The van der Waals surface area contributed by atoms with Gasteiger partial charge in [-0.1, -0.05) is 18.2 Å². The van der Waals surface area contributed by atoms with Crippen LogP contribution in [0.2, 0.25) is 0 Å². The van der Waals surface area contributed by atoms with E-state index in [9.17, 15) is 8.78 Å². The second kappa shape index (κ2) is 12.5. The molecule has 2 aromatic carbocycles. The fourth-order valence-corrected chi connectivity index (χ4v) is 2.98. The maximum atomic E-state index is 12.6. The minimum absolute atomic E-state index is 0.116. The molecule has 0 aliphatic heterocycles.